The number of hydrogen-bond acceptors (Lipinski definition) is 1. The van der Waals surface area contributed by atoms with Crippen molar-refractivity contribution in [2.24, 2.45) is 0 Å². The number of nitrogens with one attached hydrogen (secondary N) is 1. The third-order valence-electron chi connectivity index (χ3n) is 4.80. The van der Waals surface area contributed by atoms with E-state index in [0.717, 1.165) is 30.6 Å². The van der Waals surface area contributed by atoms with Crippen molar-refractivity contribution in [3.63, 3.8) is 0 Å². The summed E-state index contributed by atoms with van der Waals surface area (Å²) >= 11 is 0. The maximum atomic E-state index is 13.0. The smallest absolute Gasteiger partial charge is 0.227 e. The van der Waals surface area contributed by atoms with Gasteiger partial charge < -0.3 is 9.88 Å². The molecule has 4 heteroatoms. The first kappa shape index (κ1) is 14.9. The van der Waals surface area contributed by atoms with E-state index in [1.54, 1.807) is 12.1 Å². The molecule has 24 heavy (non-hydrogen) atoms. The zero-order chi connectivity index (χ0) is 16.5. The lowest BCUT2D eigenvalue weighted by molar-refractivity contribution is -0.129. The maximum Gasteiger partial charge on any atom is 0.227 e. The summed E-state index contributed by atoms with van der Waals surface area (Å²) in [5.41, 5.74) is 3.20. The van der Waals surface area contributed by atoms with Crippen molar-refractivity contribution < 1.29 is 9.18 Å². The van der Waals surface area contributed by atoms with Crippen LogP contribution in [0.5, 0.6) is 0 Å². The van der Waals surface area contributed by atoms with Crippen LogP contribution in [0.4, 0.5) is 4.39 Å². The van der Waals surface area contributed by atoms with Gasteiger partial charge in [0.1, 0.15) is 5.82 Å². The molecule has 0 radical (unpaired) electrons. The minimum Gasteiger partial charge on any atom is -0.358 e. The number of aromatic nitrogens is 1. The van der Waals surface area contributed by atoms with Crippen molar-refractivity contribution in [2.75, 3.05) is 13.1 Å². The van der Waals surface area contributed by atoms with Gasteiger partial charge in [0.2, 0.25) is 5.91 Å². The Bertz CT molecular complexity index is 836. The monoisotopic (exact) mass is 322 g/mol. The topological polar surface area (TPSA) is 36.1 Å². The maximum absolute atomic E-state index is 13.0. The zero-order valence-electron chi connectivity index (χ0n) is 13.3. The Kier molecular flexibility index (Phi) is 3.81. The minimum absolute atomic E-state index is 0.111. The lowest BCUT2D eigenvalue weighted by Crippen LogP contribution is -2.29. The molecule has 1 aliphatic heterocycles. The Balaban J connectivity index is 1.43. The van der Waals surface area contributed by atoms with Crippen LogP contribution in [0.3, 0.4) is 0 Å². The molecule has 2 heterocycles. The Morgan fingerprint density at radius 2 is 1.96 bits per heavy atom. The van der Waals surface area contributed by atoms with Crippen LogP contribution in [-0.4, -0.2) is 28.9 Å². The van der Waals surface area contributed by atoms with E-state index in [2.05, 4.69) is 23.2 Å². The SMILES string of the molecule is O=C(Cc1ccc(F)cc1)N1CCC(c2cc3ccccc3[nH]2)C1. The van der Waals surface area contributed by atoms with Gasteiger partial charge in [0.25, 0.3) is 0 Å². The van der Waals surface area contributed by atoms with Crippen LogP contribution in [0.1, 0.15) is 23.6 Å². The molecular formula is C20H19FN2O. The highest BCUT2D eigenvalue weighted by Crippen LogP contribution is 2.29. The summed E-state index contributed by atoms with van der Waals surface area (Å²) in [5.74, 6) is 0.195. The fourth-order valence-electron chi connectivity index (χ4n) is 3.45. The number of benzene rings is 2. The highest BCUT2D eigenvalue weighted by molar-refractivity contribution is 5.81. The van der Waals surface area contributed by atoms with Gasteiger partial charge in [0.05, 0.1) is 6.42 Å². The van der Waals surface area contributed by atoms with Gasteiger partial charge in [0, 0.05) is 30.2 Å². The van der Waals surface area contributed by atoms with Gasteiger partial charge in [0.15, 0.2) is 0 Å². The molecule has 1 aromatic heterocycles. The van der Waals surface area contributed by atoms with Crippen molar-refractivity contribution >= 4 is 16.8 Å². The molecule has 1 atom stereocenters. The molecule has 4 rings (SSSR count). The number of nitrogens with zero attached hydrogens (tertiary/aromatic N) is 1. The summed E-state index contributed by atoms with van der Waals surface area (Å²) in [7, 11) is 0. The number of halogens is 1. The Labute approximate surface area is 140 Å². The van der Waals surface area contributed by atoms with Gasteiger partial charge in [-0.2, -0.15) is 0 Å². The van der Waals surface area contributed by atoms with Crippen molar-refractivity contribution in [2.45, 2.75) is 18.8 Å². The van der Waals surface area contributed by atoms with E-state index in [4.69, 9.17) is 0 Å². The average molecular weight is 322 g/mol. The fourth-order valence-corrected chi connectivity index (χ4v) is 3.45. The number of likely N-dealkylation sites (tertiary alicyclic amines) is 1. The second-order valence-corrected chi connectivity index (χ2v) is 6.44. The van der Waals surface area contributed by atoms with Crippen LogP contribution in [0.25, 0.3) is 10.9 Å². The molecule has 122 valence electrons. The second kappa shape index (κ2) is 6.11. The summed E-state index contributed by atoms with van der Waals surface area (Å²) in [5, 5.41) is 1.21. The van der Waals surface area contributed by atoms with Gasteiger partial charge in [-0.25, -0.2) is 4.39 Å². The van der Waals surface area contributed by atoms with Crippen LogP contribution < -0.4 is 0 Å². The number of amides is 1. The quantitative estimate of drug-likeness (QED) is 0.781. The van der Waals surface area contributed by atoms with Crippen LogP contribution >= 0.6 is 0 Å². The second-order valence-electron chi connectivity index (χ2n) is 6.44. The number of carbonyl (C=O) groups is 1. The average Bonchev–Trinajstić information content (AvgIpc) is 3.23. The molecular weight excluding hydrogens is 303 g/mol. The van der Waals surface area contributed by atoms with Crippen LogP contribution in [0.2, 0.25) is 0 Å². The normalized spacial score (nSPS) is 17.5. The van der Waals surface area contributed by atoms with E-state index >= 15 is 0 Å². The molecule has 1 saturated heterocycles. The van der Waals surface area contributed by atoms with Gasteiger partial charge >= 0.3 is 0 Å². The van der Waals surface area contributed by atoms with E-state index in [1.165, 1.54) is 23.2 Å². The van der Waals surface area contributed by atoms with Crippen molar-refractivity contribution in [3.8, 4) is 0 Å². The fraction of sp³-hybridized carbons (Fsp3) is 0.250. The molecule has 0 spiro atoms. The lowest BCUT2D eigenvalue weighted by atomic mass is 10.1. The van der Waals surface area contributed by atoms with E-state index in [9.17, 15) is 9.18 Å². The van der Waals surface area contributed by atoms with Crippen molar-refractivity contribution in [1.29, 1.82) is 0 Å². The molecule has 1 unspecified atom stereocenters. The Morgan fingerprint density at radius 3 is 2.75 bits per heavy atom. The van der Waals surface area contributed by atoms with Crippen LogP contribution in [0.15, 0.2) is 54.6 Å². The number of rotatable bonds is 3. The number of carbonyl (C=O) groups excluding carboxylic acids is 1. The number of hydrogen-bond donors (Lipinski definition) is 1. The molecule has 1 fully saturated rings. The van der Waals surface area contributed by atoms with Crippen LogP contribution in [-0.2, 0) is 11.2 Å². The van der Waals surface area contributed by atoms with Crippen LogP contribution in [0, 0.1) is 5.82 Å². The van der Waals surface area contributed by atoms with Gasteiger partial charge in [-0.3, -0.25) is 4.79 Å². The molecule has 0 bridgehead atoms. The lowest BCUT2D eigenvalue weighted by Gasteiger charge is -2.16. The van der Waals surface area contributed by atoms with Gasteiger partial charge in [-0.15, -0.1) is 0 Å². The first-order valence-corrected chi connectivity index (χ1v) is 8.29. The van der Waals surface area contributed by atoms with E-state index < -0.39 is 0 Å². The summed E-state index contributed by atoms with van der Waals surface area (Å²) in [6, 6.07) is 16.6. The minimum atomic E-state index is -0.272. The molecule has 3 aromatic rings. The van der Waals surface area contributed by atoms with E-state index in [-0.39, 0.29) is 11.7 Å². The first-order chi connectivity index (χ1) is 11.7. The zero-order valence-corrected chi connectivity index (χ0v) is 13.3. The molecule has 3 nitrogen and oxygen atoms in total. The van der Waals surface area contributed by atoms with Crippen molar-refractivity contribution in [1.82, 2.24) is 9.88 Å². The third kappa shape index (κ3) is 2.92. The largest absolute Gasteiger partial charge is 0.358 e. The number of aromatic amines is 1. The van der Waals surface area contributed by atoms with Gasteiger partial charge in [-0.05, 0) is 41.6 Å². The van der Waals surface area contributed by atoms with E-state index in [1.807, 2.05) is 17.0 Å². The Hall–Kier alpha value is -2.62. The molecule has 1 N–H and O–H groups in total. The molecule has 0 aliphatic carbocycles. The molecule has 1 aliphatic rings. The number of H-pyrrole nitrogens is 1. The predicted molar refractivity (Wildman–Crippen MR) is 92.3 cm³/mol. The predicted octanol–water partition coefficient (Wildman–Crippen LogP) is 3.87. The number of fused-ring (bicyclic) bond motifs is 1. The summed E-state index contributed by atoms with van der Waals surface area (Å²) < 4.78 is 13.0. The Morgan fingerprint density at radius 1 is 1.17 bits per heavy atom. The molecule has 1 amide bonds. The standard InChI is InChI=1S/C20H19FN2O/c21-17-7-5-14(6-8-17)11-20(24)23-10-9-16(13-23)19-12-15-3-1-2-4-18(15)22-19/h1-8,12,16,22H,9-11,13H2. The highest BCUT2D eigenvalue weighted by atomic mass is 19.1. The third-order valence-corrected chi connectivity index (χ3v) is 4.80. The van der Waals surface area contributed by atoms with E-state index in [0.29, 0.717) is 12.3 Å². The first-order valence-electron chi connectivity index (χ1n) is 8.29. The molecule has 0 saturated carbocycles. The molecule has 2 aromatic carbocycles. The van der Waals surface area contributed by atoms with Gasteiger partial charge in [-0.1, -0.05) is 30.3 Å². The summed E-state index contributed by atoms with van der Waals surface area (Å²) in [4.78, 5) is 17.9. The summed E-state index contributed by atoms with van der Waals surface area (Å²) in [6.07, 6.45) is 1.31. The summed E-state index contributed by atoms with van der Waals surface area (Å²) in [6.45, 7) is 1.52. The highest BCUT2D eigenvalue weighted by Gasteiger charge is 2.28. The number of para-hydroxylation sites is 1. The van der Waals surface area contributed by atoms with Crippen molar-refractivity contribution in [3.05, 3.63) is 71.7 Å².